The number of nitrogens with zero attached hydrogens (tertiary/aromatic N) is 1. The topological polar surface area (TPSA) is 325 Å². The summed E-state index contributed by atoms with van der Waals surface area (Å²) in [4.78, 5) is 107. The smallest absolute Gasteiger partial charge is 0.246 e. The molecule has 0 radical (unpaired) electrons. The van der Waals surface area contributed by atoms with Gasteiger partial charge in [0.05, 0.1) is 24.5 Å². The molecule has 20 nitrogen and oxygen atoms in total. The number of halogens is 1. The van der Waals surface area contributed by atoms with Gasteiger partial charge >= 0.3 is 0 Å². The molecule has 65 heavy (non-hydrogen) atoms. The molecule has 1 heterocycles. The van der Waals surface area contributed by atoms with Crippen LogP contribution in [0.3, 0.4) is 0 Å². The van der Waals surface area contributed by atoms with E-state index in [4.69, 9.17) is 11.5 Å². The third-order valence-electron chi connectivity index (χ3n) is 10.5. The number of hydrogen-bond acceptors (Lipinski definition) is 12. The summed E-state index contributed by atoms with van der Waals surface area (Å²) in [5.41, 5.74) is 13.3. The first-order valence-corrected chi connectivity index (χ1v) is 22.1. The highest BCUT2D eigenvalue weighted by Gasteiger charge is 2.39. The average Bonchev–Trinajstić information content (AvgIpc) is 3.79. The van der Waals surface area contributed by atoms with Crippen LogP contribution in [-0.4, -0.2) is 135 Å². The minimum absolute atomic E-state index is 0.0321. The number of rotatable bonds is 24. The predicted molar refractivity (Wildman–Crippen MR) is 240 cm³/mol. The second-order valence-corrected chi connectivity index (χ2v) is 16.0. The van der Waals surface area contributed by atoms with Crippen LogP contribution in [0, 0.1) is 0 Å². The average molecular weight is 967 g/mol. The molecule has 1 aliphatic rings. The maximum Gasteiger partial charge on any atom is 0.246 e. The van der Waals surface area contributed by atoms with Crippen LogP contribution >= 0.6 is 15.9 Å². The van der Waals surface area contributed by atoms with Gasteiger partial charge in [-0.05, 0) is 73.1 Å². The van der Waals surface area contributed by atoms with Crippen LogP contribution in [0.15, 0.2) is 78.9 Å². The van der Waals surface area contributed by atoms with Gasteiger partial charge in [-0.25, -0.2) is 0 Å². The van der Waals surface area contributed by atoms with E-state index < -0.39 is 90.8 Å². The van der Waals surface area contributed by atoms with E-state index in [0.717, 1.165) is 0 Å². The number of hydrogen-bond donors (Lipinski definition) is 11. The molecule has 8 amide bonds. The molecule has 3 aromatic rings. The maximum absolute atomic E-state index is 14.1. The number of benzene rings is 3. The quantitative estimate of drug-likeness (QED) is 0.0353. The molecule has 4 rings (SSSR count). The lowest BCUT2D eigenvalue weighted by molar-refractivity contribution is -0.142. The molecule has 1 aliphatic heterocycles. The van der Waals surface area contributed by atoms with Gasteiger partial charge in [-0.3, -0.25) is 38.4 Å². The highest BCUT2D eigenvalue weighted by Crippen LogP contribution is 2.21. The highest BCUT2D eigenvalue weighted by atomic mass is 79.9. The Balaban J connectivity index is 1.49. The molecule has 6 atom stereocenters. The van der Waals surface area contributed by atoms with E-state index in [1.807, 2.05) is 0 Å². The standard InChI is InChI=1S/C44H56BrN9O11/c45-23-37(58)48-18-4-8-32(51-40(61)31(46)20-27-10-14-29(56)15-11-27)42(63)52-33(21-26-6-2-1-3-7-26)41(62)49-24-38(59)50-34(22-28-12-16-30(57)17-13-28)44(65)54-19-5-9-36(54)43(64)53-35(25-55)39(47)60/h1-3,6-7,10-17,31-36,55-57H,4-5,8-9,18-25,46H2,(H2,47,60)(H,48,58)(H,49,62)(H,50,59)(H,51,61)(H,52,63)(H,53,64)/t31-,32+,33-,34-,35-,36-/m0/s1. The summed E-state index contributed by atoms with van der Waals surface area (Å²) >= 11 is 3.07. The number of aliphatic hydroxyl groups excluding tert-OH is 1. The second-order valence-electron chi connectivity index (χ2n) is 15.5. The van der Waals surface area contributed by atoms with Crippen molar-refractivity contribution in [3.05, 3.63) is 95.6 Å². The fourth-order valence-corrected chi connectivity index (χ4v) is 7.22. The first-order chi connectivity index (χ1) is 31.1. The lowest BCUT2D eigenvalue weighted by Crippen LogP contribution is -2.58. The van der Waals surface area contributed by atoms with Gasteiger partial charge < -0.3 is 63.6 Å². The molecule has 0 aromatic heterocycles. The Bertz CT molecular complexity index is 2110. The van der Waals surface area contributed by atoms with E-state index >= 15 is 0 Å². The Morgan fingerprint density at radius 3 is 1.86 bits per heavy atom. The number of nitrogens with two attached hydrogens (primary N) is 2. The molecule has 350 valence electrons. The van der Waals surface area contributed by atoms with Crippen LogP contribution in [0.4, 0.5) is 0 Å². The molecule has 3 aromatic carbocycles. The zero-order chi connectivity index (χ0) is 47.5. The monoisotopic (exact) mass is 965 g/mol. The fourth-order valence-electron chi connectivity index (χ4n) is 7.02. The van der Waals surface area contributed by atoms with Gasteiger partial charge in [-0.15, -0.1) is 0 Å². The highest BCUT2D eigenvalue weighted by molar-refractivity contribution is 9.09. The minimum atomic E-state index is -1.38. The first-order valence-electron chi connectivity index (χ1n) is 20.9. The Hall–Kier alpha value is -6.58. The van der Waals surface area contributed by atoms with Gasteiger partial charge in [0.15, 0.2) is 0 Å². The number of amides is 8. The van der Waals surface area contributed by atoms with Gasteiger partial charge in [0.2, 0.25) is 47.3 Å². The molecule has 0 aliphatic carbocycles. The third-order valence-corrected chi connectivity index (χ3v) is 11.0. The summed E-state index contributed by atoms with van der Waals surface area (Å²) < 4.78 is 0. The first kappa shape index (κ1) is 51.1. The summed E-state index contributed by atoms with van der Waals surface area (Å²) in [6.45, 7) is -1.10. The number of carbonyl (C=O) groups is 8. The van der Waals surface area contributed by atoms with Crippen molar-refractivity contribution < 1.29 is 53.7 Å². The molecule has 21 heteroatoms. The number of primary amides is 1. The van der Waals surface area contributed by atoms with E-state index in [2.05, 4.69) is 47.8 Å². The summed E-state index contributed by atoms with van der Waals surface area (Å²) in [5.74, 6) is -5.60. The van der Waals surface area contributed by atoms with Crippen molar-refractivity contribution in [3.63, 3.8) is 0 Å². The molecular weight excluding hydrogens is 910 g/mol. The van der Waals surface area contributed by atoms with Crippen LogP contribution < -0.4 is 43.4 Å². The number of phenols is 2. The lowest BCUT2D eigenvalue weighted by atomic mass is 10.0. The van der Waals surface area contributed by atoms with E-state index in [0.29, 0.717) is 23.1 Å². The molecule has 0 spiro atoms. The van der Waals surface area contributed by atoms with Crippen molar-refractivity contribution >= 4 is 63.2 Å². The second kappa shape index (κ2) is 25.6. The fraction of sp³-hybridized carbons (Fsp3) is 0.409. The largest absolute Gasteiger partial charge is 0.508 e. The van der Waals surface area contributed by atoms with Crippen LogP contribution in [0.5, 0.6) is 11.5 Å². The van der Waals surface area contributed by atoms with Crippen LogP contribution in [-0.2, 0) is 57.6 Å². The summed E-state index contributed by atoms with van der Waals surface area (Å²) in [6, 6.07) is 13.4. The SMILES string of the molecule is NC(=O)[C@H](CO)NC(=O)[C@@H]1CCCN1C(=O)[C@H](Cc1ccc(O)cc1)NC(=O)CNC(=O)[C@H](Cc1ccccc1)NC(=O)[C@@H](CCCNC(=O)CBr)NC(=O)[C@@H](N)Cc1ccc(O)cc1. The Kier molecular flexibility index (Phi) is 20.1. The Morgan fingerprint density at radius 2 is 1.26 bits per heavy atom. The molecule has 1 fully saturated rings. The van der Waals surface area contributed by atoms with Gasteiger partial charge in [0, 0.05) is 25.9 Å². The van der Waals surface area contributed by atoms with Crippen molar-refractivity contribution in [2.45, 2.75) is 81.2 Å². The number of nitrogens with one attached hydrogen (secondary N) is 6. The number of aromatic hydroxyl groups is 2. The Morgan fingerprint density at radius 1 is 0.677 bits per heavy atom. The number of alkyl halides is 1. The predicted octanol–water partition coefficient (Wildman–Crippen LogP) is -1.73. The maximum atomic E-state index is 14.1. The minimum Gasteiger partial charge on any atom is -0.508 e. The van der Waals surface area contributed by atoms with Gasteiger partial charge in [-0.1, -0.05) is 70.5 Å². The van der Waals surface area contributed by atoms with Crippen molar-refractivity contribution in [3.8, 4) is 11.5 Å². The summed E-state index contributed by atoms with van der Waals surface area (Å²) in [7, 11) is 0. The van der Waals surface area contributed by atoms with Crippen molar-refractivity contribution in [1.82, 2.24) is 36.8 Å². The van der Waals surface area contributed by atoms with Gasteiger partial charge in [0.1, 0.15) is 41.7 Å². The van der Waals surface area contributed by atoms with Crippen molar-refractivity contribution in [2.75, 3.05) is 31.6 Å². The zero-order valence-corrected chi connectivity index (χ0v) is 37.1. The lowest BCUT2D eigenvalue weighted by Gasteiger charge is -2.29. The number of carbonyl (C=O) groups excluding carboxylic acids is 8. The van der Waals surface area contributed by atoms with E-state index in [1.54, 1.807) is 54.6 Å². The molecule has 0 unspecified atom stereocenters. The van der Waals surface area contributed by atoms with Gasteiger partial charge in [0.25, 0.3) is 0 Å². The van der Waals surface area contributed by atoms with Crippen LogP contribution in [0.25, 0.3) is 0 Å². The number of phenolic OH excluding ortho intramolecular Hbond substituents is 2. The molecule has 0 saturated carbocycles. The molecule has 0 bridgehead atoms. The van der Waals surface area contributed by atoms with E-state index in [-0.39, 0.29) is 74.4 Å². The normalized spacial score (nSPS) is 15.6. The summed E-state index contributed by atoms with van der Waals surface area (Å²) in [5, 5.41) is 44.6. The van der Waals surface area contributed by atoms with E-state index in [1.165, 1.54) is 29.2 Å². The van der Waals surface area contributed by atoms with Crippen LogP contribution in [0.2, 0.25) is 0 Å². The third kappa shape index (κ3) is 16.5. The van der Waals surface area contributed by atoms with Crippen molar-refractivity contribution in [2.24, 2.45) is 11.5 Å². The molecule has 13 N–H and O–H groups in total. The zero-order valence-electron chi connectivity index (χ0n) is 35.5. The number of aliphatic hydroxyl groups is 1. The molecular formula is C44H56BrN9O11. The van der Waals surface area contributed by atoms with Gasteiger partial charge in [-0.2, -0.15) is 0 Å². The van der Waals surface area contributed by atoms with Crippen molar-refractivity contribution in [1.29, 1.82) is 0 Å². The molecule has 1 saturated heterocycles. The van der Waals surface area contributed by atoms with Crippen LogP contribution in [0.1, 0.15) is 42.4 Å². The number of likely N-dealkylation sites (tertiary alicyclic amines) is 1. The Labute approximate surface area is 383 Å². The van der Waals surface area contributed by atoms with E-state index in [9.17, 15) is 53.7 Å². The summed E-state index contributed by atoms with van der Waals surface area (Å²) in [6.07, 6.45) is 0.905.